The molecule has 1 aromatic heterocycles. The Morgan fingerprint density at radius 2 is 1.91 bits per heavy atom. The molecule has 2 aliphatic carbocycles. The van der Waals surface area contributed by atoms with Gasteiger partial charge in [-0.05, 0) is 50.2 Å². The fraction of sp³-hybridized carbons (Fsp3) is 0.529. The Labute approximate surface area is 134 Å². The van der Waals surface area contributed by atoms with Gasteiger partial charge in [0.2, 0.25) is 5.91 Å². The molecule has 22 heavy (non-hydrogen) atoms. The van der Waals surface area contributed by atoms with Gasteiger partial charge in [0.15, 0.2) is 0 Å². The van der Waals surface area contributed by atoms with Crippen molar-refractivity contribution < 1.29 is 9.59 Å². The van der Waals surface area contributed by atoms with Crippen molar-refractivity contribution in [1.82, 2.24) is 5.32 Å². The highest BCUT2D eigenvalue weighted by atomic mass is 32.1. The number of carbonyl (C=O) groups is 2. The lowest BCUT2D eigenvalue weighted by Gasteiger charge is -2.26. The monoisotopic (exact) mass is 318 g/mol. The Bertz CT molecular complexity index is 582. The number of aryl methyl sites for hydroxylation is 2. The number of carbonyl (C=O) groups excluding carboxylic acids is 2. The standard InChI is InChI=1S/C17H22N2O2S/c18-16(20)12-7-4-5-8-13(12)19-17(21)15-10-11-6-2-1-3-9-14(11)22-15/h4-5,10,12-13H,1-3,6-9H2,(H2,18,20)(H,19,21)/t12-,13-/m1/s1. The van der Waals surface area contributed by atoms with Gasteiger partial charge in [0.1, 0.15) is 0 Å². The van der Waals surface area contributed by atoms with Crippen molar-refractivity contribution in [2.45, 2.75) is 51.0 Å². The minimum atomic E-state index is -0.336. The third-order valence-corrected chi connectivity index (χ3v) is 5.82. The summed E-state index contributed by atoms with van der Waals surface area (Å²) in [5.74, 6) is -0.701. The zero-order valence-electron chi connectivity index (χ0n) is 12.6. The quantitative estimate of drug-likeness (QED) is 0.664. The van der Waals surface area contributed by atoms with Crippen molar-refractivity contribution in [2.24, 2.45) is 11.7 Å². The maximum absolute atomic E-state index is 12.5. The Morgan fingerprint density at radius 3 is 2.73 bits per heavy atom. The van der Waals surface area contributed by atoms with Gasteiger partial charge in [-0.3, -0.25) is 9.59 Å². The predicted molar refractivity (Wildman–Crippen MR) is 87.9 cm³/mol. The van der Waals surface area contributed by atoms with Gasteiger partial charge >= 0.3 is 0 Å². The minimum Gasteiger partial charge on any atom is -0.369 e. The fourth-order valence-corrected chi connectivity index (χ4v) is 4.46. The summed E-state index contributed by atoms with van der Waals surface area (Å²) in [6, 6.07) is 1.86. The minimum absolute atomic E-state index is 0.0652. The van der Waals surface area contributed by atoms with Gasteiger partial charge in [0, 0.05) is 10.9 Å². The second-order valence-corrected chi connectivity index (χ2v) is 7.29. The van der Waals surface area contributed by atoms with Crippen LogP contribution in [0, 0.1) is 5.92 Å². The van der Waals surface area contributed by atoms with Gasteiger partial charge in [-0.15, -0.1) is 11.3 Å². The number of nitrogens with two attached hydrogens (primary N) is 1. The molecule has 1 heterocycles. The average Bonchev–Trinajstić information content (AvgIpc) is 2.79. The lowest BCUT2D eigenvalue weighted by atomic mass is 9.88. The number of fused-ring (bicyclic) bond motifs is 1. The summed E-state index contributed by atoms with van der Waals surface area (Å²) in [5.41, 5.74) is 6.78. The molecule has 2 amide bonds. The zero-order chi connectivity index (χ0) is 15.5. The van der Waals surface area contributed by atoms with Gasteiger partial charge in [0.05, 0.1) is 10.8 Å². The van der Waals surface area contributed by atoms with Gasteiger partial charge < -0.3 is 11.1 Å². The van der Waals surface area contributed by atoms with Crippen LogP contribution in [0.4, 0.5) is 0 Å². The van der Waals surface area contributed by atoms with Crippen molar-refractivity contribution in [3.63, 3.8) is 0 Å². The number of rotatable bonds is 3. The predicted octanol–water partition coefficient (Wildman–Crippen LogP) is 2.57. The van der Waals surface area contributed by atoms with E-state index in [2.05, 4.69) is 5.32 Å². The van der Waals surface area contributed by atoms with Crippen LogP contribution in [0.3, 0.4) is 0 Å². The molecule has 0 fully saturated rings. The Kier molecular flexibility index (Phi) is 4.62. The first-order valence-corrected chi connectivity index (χ1v) is 8.83. The first-order valence-electron chi connectivity index (χ1n) is 8.02. The first kappa shape index (κ1) is 15.3. The highest BCUT2D eigenvalue weighted by Gasteiger charge is 2.29. The van der Waals surface area contributed by atoms with Gasteiger partial charge in [0.25, 0.3) is 5.91 Å². The second-order valence-electron chi connectivity index (χ2n) is 6.15. The maximum Gasteiger partial charge on any atom is 0.261 e. The van der Waals surface area contributed by atoms with Crippen LogP contribution in [0.25, 0.3) is 0 Å². The van der Waals surface area contributed by atoms with Crippen molar-refractivity contribution in [3.05, 3.63) is 33.5 Å². The SMILES string of the molecule is NC(=O)[C@@H]1CC=CC[C@H]1NC(=O)c1cc2c(s1)CCCCC2. The molecule has 4 nitrogen and oxygen atoms in total. The van der Waals surface area contributed by atoms with Gasteiger partial charge in [-0.1, -0.05) is 18.6 Å². The number of amides is 2. The van der Waals surface area contributed by atoms with Crippen molar-refractivity contribution in [3.8, 4) is 0 Å². The largest absolute Gasteiger partial charge is 0.369 e. The molecule has 0 saturated heterocycles. The third kappa shape index (κ3) is 3.24. The van der Waals surface area contributed by atoms with Crippen molar-refractivity contribution in [1.29, 1.82) is 0 Å². The number of hydrogen-bond donors (Lipinski definition) is 2. The van der Waals surface area contributed by atoms with Crippen LogP contribution in [0.2, 0.25) is 0 Å². The summed E-state index contributed by atoms with van der Waals surface area (Å²) >= 11 is 1.61. The Morgan fingerprint density at radius 1 is 1.14 bits per heavy atom. The molecule has 0 radical (unpaired) electrons. The highest BCUT2D eigenvalue weighted by Crippen LogP contribution is 2.29. The zero-order valence-corrected chi connectivity index (χ0v) is 13.5. The molecule has 0 aliphatic heterocycles. The van der Waals surface area contributed by atoms with Crippen molar-refractivity contribution in [2.75, 3.05) is 0 Å². The summed E-state index contributed by atoms with van der Waals surface area (Å²) < 4.78 is 0. The van der Waals surface area contributed by atoms with E-state index in [0.717, 1.165) is 17.7 Å². The Balaban J connectivity index is 1.71. The molecule has 5 heteroatoms. The molecule has 0 unspecified atom stereocenters. The van der Waals surface area contributed by atoms with E-state index in [9.17, 15) is 9.59 Å². The molecule has 3 rings (SSSR count). The van der Waals surface area contributed by atoms with E-state index in [0.29, 0.717) is 12.8 Å². The lowest BCUT2D eigenvalue weighted by Crippen LogP contribution is -2.45. The number of hydrogen-bond acceptors (Lipinski definition) is 3. The molecule has 3 N–H and O–H groups in total. The van der Waals surface area contributed by atoms with Crippen LogP contribution in [-0.2, 0) is 17.6 Å². The van der Waals surface area contributed by atoms with Crippen LogP contribution >= 0.6 is 11.3 Å². The van der Waals surface area contributed by atoms with Crippen LogP contribution in [-0.4, -0.2) is 17.9 Å². The molecule has 2 aliphatic rings. The third-order valence-electron chi connectivity index (χ3n) is 4.58. The van der Waals surface area contributed by atoms with Crippen molar-refractivity contribution >= 4 is 23.2 Å². The van der Waals surface area contributed by atoms with Crippen LogP contribution < -0.4 is 11.1 Å². The second kappa shape index (κ2) is 6.65. The van der Waals surface area contributed by atoms with Gasteiger partial charge in [-0.2, -0.15) is 0 Å². The molecule has 0 spiro atoms. The smallest absolute Gasteiger partial charge is 0.261 e. The molecule has 1 aromatic rings. The van der Waals surface area contributed by atoms with E-state index < -0.39 is 0 Å². The van der Waals surface area contributed by atoms with E-state index in [1.807, 2.05) is 18.2 Å². The molecule has 0 bridgehead atoms. The number of allylic oxidation sites excluding steroid dienone is 1. The topological polar surface area (TPSA) is 72.2 Å². The van der Waals surface area contributed by atoms with Crippen LogP contribution in [0.1, 0.15) is 52.2 Å². The summed E-state index contributed by atoms with van der Waals surface area (Å²) in [7, 11) is 0. The molecule has 2 atom stereocenters. The van der Waals surface area contributed by atoms with E-state index in [4.69, 9.17) is 5.73 Å². The summed E-state index contributed by atoms with van der Waals surface area (Å²) in [4.78, 5) is 26.2. The van der Waals surface area contributed by atoms with Crippen LogP contribution in [0.15, 0.2) is 18.2 Å². The maximum atomic E-state index is 12.5. The first-order chi connectivity index (χ1) is 10.6. The van der Waals surface area contributed by atoms with E-state index in [1.165, 1.54) is 29.7 Å². The van der Waals surface area contributed by atoms with Gasteiger partial charge in [-0.25, -0.2) is 0 Å². The highest BCUT2D eigenvalue weighted by molar-refractivity contribution is 7.14. The molecule has 0 saturated carbocycles. The molecular formula is C17H22N2O2S. The summed E-state index contributed by atoms with van der Waals surface area (Å²) in [6.45, 7) is 0. The Hall–Kier alpha value is -1.62. The number of thiophene rings is 1. The average molecular weight is 318 g/mol. The normalized spacial score (nSPS) is 24.4. The van der Waals surface area contributed by atoms with E-state index >= 15 is 0 Å². The van der Waals surface area contributed by atoms with Crippen LogP contribution in [0.5, 0.6) is 0 Å². The number of primary amides is 1. The van der Waals surface area contributed by atoms with E-state index in [-0.39, 0.29) is 23.8 Å². The summed E-state index contributed by atoms with van der Waals surface area (Å²) in [6.07, 6.45) is 11.1. The number of nitrogens with one attached hydrogen (secondary N) is 1. The molecule has 0 aromatic carbocycles. The summed E-state index contributed by atoms with van der Waals surface area (Å²) in [5, 5.41) is 3.01. The molecular weight excluding hydrogens is 296 g/mol. The van der Waals surface area contributed by atoms with E-state index in [1.54, 1.807) is 11.3 Å². The fourth-order valence-electron chi connectivity index (χ4n) is 3.31. The lowest BCUT2D eigenvalue weighted by molar-refractivity contribution is -0.122. The molecule has 118 valence electrons.